The first-order valence-electron chi connectivity index (χ1n) is 10.7. The van der Waals surface area contributed by atoms with Gasteiger partial charge in [-0.1, -0.05) is 29.5 Å². The van der Waals surface area contributed by atoms with Crippen LogP contribution in [0.2, 0.25) is 0 Å². The third-order valence-corrected chi connectivity index (χ3v) is 7.29. The number of nitrogens with zero attached hydrogens (tertiary/aromatic N) is 3. The molecule has 7 nitrogen and oxygen atoms in total. The van der Waals surface area contributed by atoms with Crippen molar-refractivity contribution in [2.24, 2.45) is 11.1 Å². The Balaban J connectivity index is 1.29. The van der Waals surface area contributed by atoms with Gasteiger partial charge in [0.1, 0.15) is 21.8 Å². The Morgan fingerprint density at radius 2 is 1.70 bits per heavy atom. The fraction of sp³-hybridized carbons (Fsp3) is 0.292. The zero-order chi connectivity index (χ0) is 23.2. The number of para-hydroxylation sites is 1. The van der Waals surface area contributed by atoms with Gasteiger partial charge >= 0.3 is 0 Å². The van der Waals surface area contributed by atoms with Crippen LogP contribution in [0.15, 0.2) is 54.6 Å². The Morgan fingerprint density at radius 1 is 1.06 bits per heavy atom. The summed E-state index contributed by atoms with van der Waals surface area (Å²) in [5.74, 6) is 0.932. The monoisotopic (exact) mass is 482 g/mol. The van der Waals surface area contributed by atoms with E-state index in [2.05, 4.69) is 4.90 Å². The number of benzene rings is 2. The summed E-state index contributed by atoms with van der Waals surface area (Å²) in [6.45, 7) is 4.71. The van der Waals surface area contributed by atoms with Gasteiger partial charge in [0.05, 0.1) is 5.69 Å². The molecule has 1 spiro atoms. The summed E-state index contributed by atoms with van der Waals surface area (Å²) >= 11 is 7.22. The van der Waals surface area contributed by atoms with Gasteiger partial charge < -0.3 is 20.3 Å². The lowest BCUT2D eigenvalue weighted by molar-refractivity contribution is -0.144. The Bertz CT molecular complexity index is 1180. The number of hydrogen-bond donors (Lipinski definition) is 1. The summed E-state index contributed by atoms with van der Waals surface area (Å²) < 4.78 is 5.84. The average Bonchev–Trinajstić information content (AvgIpc) is 3.18. The number of aromatic nitrogens is 1. The molecule has 2 saturated heterocycles. The minimum absolute atomic E-state index is 0.0204. The zero-order valence-corrected chi connectivity index (χ0v) is 19.6. The zero-order valence-electron chi connectivity index (χ0n) is 18.0. The molecule has 0 radical (unpaired) electrons. The first kappa shape index (κ1) is 21.7. The van der Waals surface area contributed by atoms with Crippen LogP contribution in [0.4, 0.5) is 5.13 Å². The van der Waals surface area contributed by atoms with Gasteiger partial charge in [-0.25, -0.2) is 4.98 Å². The van der Waals surface area contributed by atoms with E-state index in [-0.39, 0.29) is 11.3 Å². The summed E-state index contributed by atoms with van der Waals surface area (Å²) in [5.41, 5.74) is 7.14. The molecular formula is C24H23ClN4O3S. The molecule has 5 rings (SSSR count). The topological polar surface area (TPSA) is 88.8 Å². The van der Waals surface area contributed by atoms with Crippen LogP contribution in [0.5, 0.6) is 11.5 Å². The van der Waals surface area contributed by atoms with Crippen molar-refractivity contribution >= 4 is 39.9 Å². The molecule has 2 aliphatic heterocycles. The van der Waals surface area contributed by atoms with Crippen molar-refractivity contribution in [1.29, 1.82) is 0 Å². The standard InChI is InChI=1S/C24H23ClN4O3S/c1-15(25)22(31)28-11-24(12-28)13-29(14-24)23-27-19(20(33-23)21(26)30)16-7-9-18(10-8-16)32-17-5-3-2-4-6-17/h2-10,15H,11-14H2,1H3,(H2,26,30)/t15-/m0/s1. The minimum atomic E-state index is -0.498. The predicted molar refractivity (Wildman–Crippen MR) is 129 cm³/mol. The number of hydrogen-bond acceptors (Lipinski definition) is 6. The van der Waals surface area contributed by atoms with E-state index in [1.807, 2.05) is 54.6 Å². The Kier molecular flexibility index (Phi) is 5.50. The number of halogens is 1. The summed E-state index contributed by atoms with van der Waals surface area (Å²) in [5, 5.41) is 0.271. The number of likely N-dealkylation sites (tertiary alicyclic amines) is 1. The molecule has 0 saturated carbocycles. The maximum Gasteiger partial charge on any atom is 0.261 e. The van der Waals surface area contributed by atoms with Gasteiger partial charge in [-0.05, 0) is 43.3 Å². The van der Waals surface area contributed by atoms with E-state index in [1.54, 1.807) is 11.8 Å². The second-order valence-electron chi connectivity index (χ2n) is 8.64. The van der Waals surface area contributed by atoms with Crippen molar-refractivity contribution in [1.82, 2.24) is 9.88 Å². The number of rotatable bonds is 6. The first-order chi connectivity index (χ1) is 15.8. The molecule has 2 amide bonds. The van der Waals surface area contributed by atoms with Crippen LogP contribution in [-0.2, 0) is 4.79 Å². The molecule has 3 heterocycles. The third kappa shape index (κ3) is 4.16. The van der Waals surface area contributed by atoms with E-state index in [1.165, 1.54) is 11.3 Å². The van der Waals surface area contributed by atoms with Crippen LogP contribution in [0.1, 0.15) is 16.6 Å². The molecule has 0 unspecified atom stereocenters. The molecular weight excluding hydrogens is 460 g/mol. The van der Waals surface area contributed by atoms with Crippen LogP contribution in [0.25, 0.3) is 11.3 Å². The van der Waals surface area contributed by atoms with Crippen LogP contribution < -0.4 is 15.4 Å². The van der Waals surface area contributed by atoms with Gasteiger partial charge in [0.15, 0.2) is 5.13 Å². The number of alkyl halides is 1. The molecule has 170 valence electrons. The lowest BCUT2D eigenvalue weighted by Gasteiger charge is -2.60. The molecule has 1 atom stereocenters. The Morgan fingerprint density at radius 3 is 2.30 bits per heavy atom. The molecule has 2 aromatic carbocycles. The number of ether oxygens (including phenoxy) is 1. The quantitative estimate of drug-likeness (QED) is 0.537. The van der Waals surface area contributed by atoms with Gasteiger partial charge in [0.2, 0.25) is 5.91 Å². The molecule has 1 aromatic heterocycles. The highest BCUT2D eigenvalue weighted by atomic mass is 35.5. The van der Waals surface area contributed by atoms with E-state index in [9.17, 15) is 9.59 Å². The van der Waals surface area contributed by atoms with Crippen molar-refractivity contribution in [3.63, 3.8) is 0 Å². The second kappa shape index (κ2) is 8.35. The number of primary amides is 1. The van der Waals surface area contributed by atoms with Crippen LogP contribution in [-0.4, -0.2) is 53.3 Å². The Hall–Kier alpha value is -3.10. The summed E-state index contributed by atoms with van der Waals surface area (Å²) in [6, 6.07) is 17.0. The average molecular weight is 483 g/mol. The van der Waals surface area contributed by atoms with Crippen LogP contribution in [0, 0.1) is 5.41 Å². The maximum absolute atomic E-state index is 12.1. The van der Waals surface area contributed by atoms with Crippen molar-refractivity contribution in [2.75, 3.05) is 31.1 Å². The smallest absolute Gasteiger partial charge is 0.261 e. The number of carbonyl (C=O) groups is 2. The summed E-state index contributed by atoms with van der Waals surface area (Å²) in [7, 11) is 0. The van der Waals surface area contributed by atoms with Crippen molar-refractivity contribution in [2.45, 2.75) is 12.3 Å². The SMILES string of the molecule is C[C@H](Cl)C(=O)N1CC2(C1)CN(c1nc(-c3ccc(Oc4ccccc4)cc3)c(C(N)=O)s1)C2. The summed E-state index contributed by atoms with van der Waals surface area (Å²) in [4.78, 5) is 33.3. The number of anilines is 1. The Labute approximate surface area is 200 Å². The lowest BCUT2D eigenvalue weighted by Crippen LogP contribution is -2.73. The molecule has 0 aliphatic carbocycles. The highest BCUT2D eigenvalue weighted by molar-refractivity contribution is 7.18. The second-order valence-corrected chi connectivity index (χ2v) is 10.3. The van der Waals surface area contributed by atoms with Crippen LogP contribution >= 0.6 is 22.9 Å². The third-order valence-electron chi connectivity index (χ3n) is 5.97. The lowest BCUT2D eigenvalue weighted by atomic mass is 9.73. The molecule has 2 aliphatic rings. The van der Waals surface area contributed by atoms with Gasteiger partial charge in [-0.3, -0.25) is 9.59 Å². The van der Waals surface area contributed by atoms with Gasteiger partial charge in [-0.15, -0.1) is 11.6 Å². The largest absolute Gasteiger partial charge is 0.457 e. The van der Waals surface area contributed by atoms with Gasteiger partial charge in [-0.2, -0.15) is 0 Å². The number of nitrogens with two attached hydrogens (primary N) is 1. The van der Waals surface area contributed by atoms with Gasteiger partial charge in [0, 0.05) is 37.2 Å². The van der Waals surface area contributed by atoms with Crippen molar-refractivity contribution in [3.8, 4) is 22.8 Å². The fourth-order valence-electron chi connectivity index (χ4n) is 4.38. The molecule has 9 heteroatoms. The molecule has 33 heavy (non-hydrogen) atoms. The number of thiazole rings is 1. The number of carbonyl (C=O) groups excluding carboxylic acids is 2. The molecule has 2 N–H and O–H groups in total. The van der Waals surface area contributed by atoms with E-state index >= 15 is 0 Å². The molecule has 3 aromatic rings. The highest BCUT2D eigenvalue weighted by Crippen LogP contribution is 2.44. The van der Waals surface area contributed by atoms with E-state index in [0.29, 0.717) is 29.4 Å². The van der Waals surface area contributed by atoms with Crippen molar-refractivity contribution < 1.29 is 14.3 Å². The molecule has 0 bridgehead atoms. The van der Waals surface area contributed by atoms with E-state index in [4.69, 9.17) is 27.1 Å². The van der Waals surface area contributed by atoms with E-state index < -0.39 is 11.3 Å². The molecule has 2 fully saturated rings. The fourth-order valence-corrected chi connectivity index (χ4v) is 5.46. The van der Waals surface area contributed by atoms with E-state index in [0.717, 1.165) is 29.5 Å². The normalized spacial score (nSPS) is 17.3. The highest BCUT2D eigenvalue weighted by Gasteiger charge is 2.54. The number of amides is 2. The summed E-state index contributed by atoms with van der Waals surface area (Å²) in [6.07, 6.45) is 0. The maximum atomic E-state index is 12.1. The van der Waals surface area contributed by atoms with Crippen molar-refractivity contribution in [3.05, 3.63) is 59.5 Å². The van der Waals surface area contributed by atoms with Crippen LogP contribution in [0.3, 0.4) is 0 Å². The minimum Gasteiger partial charge on any atom is -0.457 e. The van der Waals surface area contributed by atoms with Gasteiger partial charge in [0.25, 0.3) is 5.91 Å². The predicted octanol–water partition coefficient (Wildman–Crippen LogP) is 3.98. The first-order valence-corrected chi connectivity index (χ1v) is 11.9.